The summed E-state index contributed by atoms with van der Waals surface area (Å²) < 4.78 is 6.44. The van der Waals surface area contributed by atoms with Gasteiger partial charge in [-0.15, -0.1) is 0 Å². The van der Waals surface area contributed by atoms with Gasteiger partial charge in [-0.3, -0.25) is 0 Å². The molecule has 5 heteroatoms. The van der Waals surface area contributed by atoms with E-state index >= 15 is 0 Å². The van der Waals surface area contributed by atoms with Gasteiger partial charge < -0.3 is 24.8 Å². The van der Waals surface area contributed by atoms with E-state index in [9.17, 15) is 0 Å². The normalized spacial score (nSPS) is 19.6. The van der Waals surface area contributed by atoms with Crippen LogP contribution in [0.5, 0.6) is 5.75 Å². The Morgan fingerprint density at radius 1 is 0.943 bits per heavy atom. The molecule has 2 aliphatic rings. The first-order valence-corrected chi connectivity index (χ1v) is 14.5. The maximum Gasteiger partial charge on any atom is -1.00 e. The van der Waals surface area contributed by atoms with E-state index < -0.39 is 23.2 Å². The molecular formula is C30H29Cl3OZr. The number of ether oxygens (including phenoxy) is 1. The molecule has 0 radical (unpaired) electrons. The Morgan fingerprint density at radius 2 is 1.63 bits per heavy atom. The molecule has 0 spiro atoms. The molecule has 0 aromatic heterocycles. The molecule has 35 heavy (non-hydrogen) atoms. The molecule has 0 saturated heterocycles. The summed E-state index contributed by atoms with van der Waals surface area (Å²) in [7, 11) is 1.78. The molecule has 2 aliphatic carbocycles. The number of rotatable bonds is 4. The second-order valence-electron chi connectivity index (χ2n) is 10.2. The minimum Gasteiger partial charge on any atom is -1.00 e. The maximum atomic E-state index is 6.56. The first-order valence-electron chi connectivity index (χ1n) is 11.5. The van der Waals surface area contributed by atoms with Crippen LogP contribution in [0.25, 0.3) is 22.3 Å². The quantitative estimate of drug-likeness (QED) is 0.447. The fourth-order valence-electron chi connectivity index (χ4n) is 5.07. The van der Waals surface area contributed by atoms with Crippen LogP contribution in [0.15, 0.2) is 84.5 Å². The molecule has 3 aromatic rings. The van der Waals surface area contributed by atoms with Gasteiger partial charge in [-0.1, -0.05) is 0 Å². The first kappa shape index (κ1) is 28.3. The standard InChI is InChI=1S/C20H14ClO.C10H15.2ClH.Zr/c1-22-19-10-9-16(13-5-3-2-4-6-13)18-12-14-11-15(21)7-8-17(14)20(18)19;1-8-5-6-9(7-8)10(2,3)4;;;/h2-12H,1H3;5-7H,1-4H3;2*1H;/q;;;;+2/p-2. The van der Waals surface area contributed by atoms with Crippen molar-refractivity contribution >= 4 is 11.6 Å². The first-order chi connectivity index (χ1) is 15.7. The molecule has 0 amide bonds. The maximum absolute atomic E-state index is 6.56. The fraction of sp³-hybridized carbons (Fsp3) is 0.267. The summed E-state index contributed by atoms with van der Waals surface area (Å²) in [5, 5.41) is 0.809. The zero-order valence-electron chi connectivity index (χ0n) is 20.6. The Hall–Kier alpha value is -1.31. The van der Waals surface area contributed by atoms with Gasteiger partial charge in [0.05, 0.1) is 0 Å². The van der Waals surface area contributed by atoms with Crippen LogP contribution >= 0.6 is 11.6 Å². The van der Waals surface area contributed by atoms with Crippen molar-refractivity contribution in [2.75, 3.05) is 7.11 Å². The Bertz CT molecular complexity index is 1290. The summed E-state index contributed by atoms with van der Waals surface area (Å²) in [5.74, 6) is 0.952. The van der Waals surface area contributed by atoms with Gasteiger partial charge >= 0.3 is 215 Å². The van der Waals surface area contributed by atoms with Crippen molar-refractivity contribution in [3.05, 3.63) is 101 Å². The minimum atomic E-state index is -1.06. The van der Waals surface area contributed by atoms with E-state index in [1.54, 1.807) is 7.11 Å². The van der Waals surface area contributed by atoms with Crippen LogP contribution in [-0.2, 0) is 23.2 Å². The molecule has 2 unspecified atom stereocenters. The van der Waals surface area contributed by atoms with Crippen LogP contribution in [0.3, 0.4) is 0 Å². The summed E-state index contributed by atoms with van der Waals surface area (Å²) in [6, 6.07) is 21.5. The van der Waals surface area contributed by atoms with Gasteiger partial charge in [0.25, 0.3) is 0 Å². The van der Waals surface area contributed by atoms with Crippen LogP contribution in [0.1, 0.15) is 42.4 Å². The summed E-state index contributed by atoms with van der Waals surface area (Å²) in [6.07, 6.45) is 7.37. The van der Waals surface area contributed by atoms with Gasteiger partial charge in [-0.05, 0) is 0 Å². The molecule has 0 N–H and O–H groups in total. The van der Waals surface area contributed by atoms with E-state index in [1.165, 1.54) is 39.0 Å². The zero-order valence-corrected chi connectivity index (χ0v) is 25.4. The van der Waals surface area contributed by atoms with Crippen molar-refractivity contribution in [2.24, 2.45) is 5.41 Å². The predicted octanol–water partition coefficient (Wildman–Crippen LogP) is 2.90. The SMILES string of the molecule is COc1ccc(-c2ccccc2)c2c1-c1ccc(Cl)cc1[CH]2[Zr+2][C]1(C)C=CC(C(C)(C)C)=C1.[Cl-].[Cl-]. The number of benzene rings is 3. The van der Waals surface area contributed by atoms with Crippen molar-refractivity contribution in [1.29, 1.82) is 0 Å². The van der Waals surface area contributed by atoms with Crippen LogP contribution in [-0.4, -0.2) is 7.11 Å². The Labute approximate surface area is 238 Å². The second-order valence-corrected chi connectivity index (χ2v) is 15.5. The van der Waals surface area contributed by atoms with Gasteiger partial charge in [-0.25, -0.2) is 0 Å². The number of methoxy groups -OCH3 is 1. The van der Waals surface area contributed by atoms with Gasteiger partial charge in [0.15, 0.2) is 0 Å². The van der Waals surface area contributed by atoms with E-state index in [4.69, 9.17) is 16.3 Å². The van der Waals surface area contributed by atoms with Crippen molar-refractivity contribution in [2.45, 2.75) is 34.4 Å². The Kier molecular flexibility index (Phi) is 8.55. The van der Waals surface area contributed by atoms with E-state index in [0.717, 1.165) is 10.8 Å². The third-order valence-electron chi connectivity index (χ3n) is 6.78. The van der Waals surface area contributed by atoms with Crippen molar-refractivity contribution in [3.8, 4) is 28.0 Å². The number of allylic oxidation sites excluding steroid dienone is 4. The Morgan fingerprint density at radius 3 is 2.26 bits per heavy atom. The van der Waals surface area contributed by atoms with E-state index in [-0.39, 0.29) is 33.4 Å². The van der Waals surface area contributed by atoms with E-state index in [1.807, 2.05) is 6.07 Å². The fourth-order valence-corrected chi connectivity index (χ4v) is 9.87. The van der Waals surface area contributed by atoms with Crippen molar-refractivity contribution in [1.82, 2.24) is 0 Å². The Balaban J connectivity index is 0.00000171. The molecule has 1 nitrogen and oxygen atoms in total. The molecule has 3 aromatic carbocycles. The van der Waals surface area contributed by atoms with Crippen molar-refractivity contribution in [3.63, 3.8) is 0 Å². The van der Waals surface area contributed by atoms with E-state index in [0.29, 0.717) is 3.63 Å². The summed E-state index contributed by atoms with van der Waals surface area (Å²) in [5.41, 5.74) is 9.52. The third-order valence-corrected chi connectivity index (χ3v) is 11.5. The van der Waals surface area contributed by atoms with Crippen LogP contribution in [0.2, 0.25) is 8.15 Å². The minimum absolute atomic E-state index is 0. The van der Waals surface area contributed by atoms with Gasteiger partial charge in [0.1, 0.15) is 0 Å². The summed E-state index contributed by atoms with van der Waals surface area (Å²) in [6.45, 7) is 9.34. The molecule has 5 rings (SSSR count). The summed E-state index contributed by atoms with van der Waals surface area (Å²) >= 11 is 5.50. The van der Waals surface area contributed by atoms with Crippen LogP contribution < -0.4 is 29.6 Å². The summed E-state index contributed by atoms with van der Waals surface area (Å²) in [4.78, 5) is 0. The van der Waals surface area contributed by atoms with Gasteiger partial charge in [0, 0.05) is 0 Å². The largest absolute Gasteiger partial charge is 1.00 e. The topological polar surface area (TPSA) is 9.23 Å². The van der Waals surface area contributed by atoms with Gasteiger partial charge in [-0.2, -0.15) is 0 Å². The monoisotopic (exact) mass is 600 g/mol. The molecule has 0 heterocycles. The van der Waals surface area contributed by atoms with Crippen LogP contribution in [0.4, 0.5) is 0 Å². The number of halogens is 3. The molecule has 0 aliphatic heterocycles. The van der Waals surface area contributed by atoms with Gasteiger partial charge in [0.2, 0.25) is 0 Å². The smallest absolute Gasteiger partial charge is 1.00 e. The number of hydrogen-bond donors (Lipinski definition) is 0. The molecule has 0 bridgehead atoms. The molecular weight excluding hydrogens is 574 g/mol. The third kappa shape index (κ3) is 5.24. The average Bonchev–Trinajstić information content (AvgIpc) is 3.33. The molecule has 0 saturated carbocycles. The zero-order chi connectivity index (χ0) is 23.4. The van der Waals surface area contributed by atoms with Crippen LogP contribution in [0, 0.1) is 5.41 Å². The molecule has 180 valence electrons. The molecule has 2 atom stereocenters. The molecule has 0 fully saturated rings. The second kappa shape index (κ2) is 10.6. The number of fused-ring (bicyclic) bond motifs is 3. The van der Waals surface area contributed by atoms with E-state index in [2.05, 4.69) is 101 Å². The number of hydrogen-bond acceptors (Lipinski definition) is 1. The predicted molar refractivity (Wildman–Crippen MR) is 136 cm³/mol. The van der Waals surface area contributed by atoms with Crippen molar-refractivity contribution < 1.29 is 52.8 Å². The average molecular weight is 603 g/mol.